The third kappa shape index (κ3) is 6.46. The van der Waals surface area contributed by atoms with Crippen LogP contribution in [0, 0.1) is 51.2 Å². The van der Waals surface area contributed by atoms with Gasteiger partial charge in [-0.25, -0.2) is 8.42 Å². The van der Waals surface area contributed by atoms with Crippen molar-refractivity contribution in [3.8, 4) is 0 Å². The van der Waals surface area contributed by atoms with Gasteiger partial charge in [-0.15, -0.1) is 0 Å². The van der Waals surface area contributed by atoms with Crippen molar-refractivity contribution in [1.29, 1.82) is 0 Å². The normalized spacial score (nSPS) is 43.8. The van der Waals surface area contributed by atoms with E-state index in [2.05, 4.69) is 70.5 Å². The lowest BCUT2D eigenvalue weighted by molar-refractivity contribution is -0.221. The van der Waals surface area contributed by atoms with Gasteiger partial charge >= 0.3 is 0 Å². The van der Waals surface area contributed by atoms with Gasteiger partial charge in [0, 0.05) is 44.3 Å². The summed E-state index contributed by atoms with van der Waals surface area (Å²) in [6.45, 7) is 24.5. The molecule has 304 valence electrons. The molecule has 4 saturated carbocycles. The zero-order valence-electron chi connectivity index (χ0n) is 35.0. The highest BCUT2D eigenvalue weighted by molar-refractivity contribution is 7.91. The quantitative estimate of drug-likeness (QED) is 0.161. The molecular weight excluding hydrogens is 693 g/mol. The van der Waals surface area contributed by atoms with Gasteiger partial charge in [-0.1, -0.05) is 58.9 Å². The van der Waals surface area contributed by atoms with Crippen molar-refractivity contribution in [3.63, 3.8) is 0 Å². The number of hydrogen-bond acceptors (Lipinski definition) is 7. The predicted molar refractivity (Wildman–Crippen MR) is 219 cm³/mol. The van der Waals surface area contributed by atoms with Gasteiger partial charge in [0.1, 0.15) is 15.4 Å². The van der Waals surface area contributed by atoms with Gasteiger partial charge in [0.25, 0.3) is 6.47 Å². The summed E-state index contributed by atoms with van der Waals surface area (Å²) in [4.78, 5) is 13.9. The molecule has 0 bridgehead atoms. The molecule has 7 rings (SSSR count). The third-order valence-corrected chi connectivity index (χ3v) is 20.2. The van der Waals surface area contributed by atoms with Crippen molar-refractivity contribution < 1.29 is 23.1 Å². The van der Waals surface area contributed by atoms with Gasteiger partial charge in [0.2, 0.25) is 0 Å². The van der Waals surface area contributed by atoms with Crippen molar-refractivity contribution >= 4 is 16.3 Å². The van der Waals surface area contributed by atoms with Crippen molar-refractivity contribution in [3.05, 3.63) is 35.5 Å². The Kier molecular flexibility index (Phi) is 10.9. The van der Waals surface area contributed by atoms with Gasteiger partial charge < -0.3 is 20.1 Å². The van der Waals surface area contributed by atoms with Crippen LogP contribution >= 0.6 is 0 Å². The number of nitrogens with one attached hydrogen (secondary N) is 1. The fourth-order valence-electron chi connectivity index (χ4n) is 15.4. The minimum Gasteiger partial charge on any atom is -0.461 e. The van der Waals surface area contributed by atoms with E-state index < -0.39 is 15.4 Å². The molecule has 8 heteroatoms. The first-order valence-electron chi connectivity index (χ1n) is 21.8. The monoisotopic (exact) mass is 767 g/mol. The molecule has 10 atom stereocenters. The van der Waals surface area contributed by atoms with Crippen molar-refractivity contribution in [2.45, 2.75) is 154 Å². The SMILES string of the molecule is C=C(C)[C@@H]1CC[C@]2(NCCN3CCC(S(C)(=O)=O)CC3)CC[C@]3(C)[C@H](CC[C@@H]4[C@@]5(C)CC=C(C6=CCC(CCO)(OC=O)CC6)C(C)(C)[C@@H]5CC[C@]43C)[C@@H]12. The maximum Gasteiger partial charge on any atom is 0.293 e. The summed E-state index contributed by atoms with van der Waals surface area (Å²) >= 11 is 0. The summed E-state index contributed by atoms with van der Waals surface area (Å²) in [5, 5.41) is 13.8. The molecule has 6 aliphatic carbocycles. The Balaban J connectivity index is 1.10. The second-order valence-corrected chi connectivity index (χ2v) is 23.3. The Morgan fingerprint density at radius 2 is 1.69 bits per heavy atom. The first-order chi connectivity index (χ1) is 25.4. The number of fused-ring (bicyclic) bond motifs is 7. The summed E-state index contributed by atoms with van der Waals surface area (Å²) in [6, 6.07) is 0. The van der Waals surface area contributed by atoms with E-state index in [0.717, 1.165) is 58.3 Å². The lowest BCUT2D eigenvalue weighted by Gasteiger charge is -2.72. The second kappa shape index (κ2) is 14.4. The van der Waals surface area contributed by atoms with Crippen LogP contribution in [0.2, 0.25) is 0 Å². The number of nitrogens with zero attached hydrogens (tertiary/aromatic N) is 1. The highest BCUT2D eigenvalue weighted by atomic mass is 32.2. The molecule has 1 saturated heterocycles. The molecule has 2 N–H and O–H groups in total. The number of rotatable bonds is 11. The number of carbonyl (C=O) groups is 1. The average Bonchev–Trinajstić information content (AvgIpc) is 3.49. The summed E-state index contributed by atoms with van der Waals surface area (Å²) in [7, 11) is -2.95. The van der Waals surface area contributed by atoms with Crippen LogP contribution in [-0.4, -0.2) is 80.3 Å². The Bertz CT molecular complexity index is 1630. The minimum absolute atomic E-state index is 0.0349. The average molecular weight is 767 g/mol. The first kappa shape index (κ1) is 40.7. The lowest BCUT2D eigenvalue weighted by Crippen LogP contribution is -2.68. The summed E-state index contributed by atoms with van der Waals surface area (Å²) in [5.41, 5.74) is 4.87. The van der Waals surface area contributed by atoms with Crippen molar-refractivity contribution in [2.75, 3.05) is 39.0 Å². The van der Waals surface area contributed by atoms with E-state index in [1.165, 1.54) is 74.3 Å². The number of sulfone groups is 1. The molecule has 7 nitrogen and oxygen atoms in total. The number of piperidine rings is 1. The maximum absolute atomic E-state index is 12.2. The van der Waals surface area contributed by atoms with Crippen LogP contribution in [0.15, 0.2) is 35.5 Å². The van der Waals surface area contributed by atoms with Crippen molar-refractivity contribution in [1.82, 2.24) is 10.2 Å². The van der Waals surface area contributed by atoms with Crippen LogP contribution in [0.5, 0.6) is 0 Å². The van der Waals surface area contributed by atoms with Gasteiger partial charge in [0.05, 0.1) is 5.25 Å². The highest BCUT2D eigenvalue weighted by Gasteiger charge is 2.70. The Hall–Kier alpha value is -1.48. The van der Waals surface area contributed by atoms with Gasteiger partial charge in [-0.05, 0) is 166 Å². The fourth-order valence-corrected chi connectivity index (χ4v) is 16.5. The van der Waals surface area contributed by atoms with E-state index >= 15 is 0 Å². The van der Waals surface area contributed by atoms with Crippen molar-refractivity contribution in [2.24, 2.45) is 51.2 Å². The molecule has 1 unspecified atom stereocenters. The van der Waals surface area contributed by atoms with Crippen LogP contribution in [-0.2, 0) is 19.4 Å². The lowest BCUT2D eigenvalue weighted by atomic mass is 9.33. The van der Waals surface area contributed by atoms with Crippen LogP contribution in [0.3, 0.4) is 0 Å². The molecule has 1 aliphatic heterocycles. The molecule has 7 aliphatic rings. The zero-order valence-corrected chi connectivity index (χ0v) is 35.8. The Morgan fingerprint density at radius 3 is 2.31 bits per heavy atom. The van der Waals surface area contributed by atoms with E-state index in [1.807, 2.05) is 0 Å². The summed E-state index contributed by atoms with van der Waals surface area (Å²) in [6.07, 6.45) is 22.2. The van der Waals surface area contributed by atoms with E-state index in [9.17, 15) is 18.3 Å². The molecule has 0 aromatic rings. The largest absolute Gasteiger partial charge is 0.461 e. The number of likely N-dealkylation sites (tertiary alicyclic amines) is 1. The molecule has 54 heavy (non-hydrogen) atoms. The summed E-state index contributed by atoms with van der Waals surface area (Å²) < 4.78 is 29.9. The molecule has 0 amide bonds. The van der Waals surface area contributed by atoms with E-state index in [0.29, 0.717) is 59.7 Å². The smallest absolute Gasteiger partial charge is 0.293 e. The highest BCUT2D eigenvalue weighted by Crippen LogP contribution is 2.76. The molecule has 0 radical (unpaired) electrons. The number of ether oxygens (including phenoxy) is 1. The van der Waals surface area contributed by atoms with E-state index in [1.54, 1.807) is 0 Å². The molecule has 5 fully saturated rings. The topological polar surface area (TPSA) is 95.9 Å². The summed E-state index contributed by atoms with van der Waals surface area (Å²) in [5.74, 6) is 3.22. The number of aliphatic hydroxyl groups is 1. The van der Waals surface area contributed by atoms with Crippen LogP contribution in [0.4, 0.5) is 0 Å². The zero-order chi connectivity index (χ0) is 39.0. The van der Waals surface area contributed by atoms with Crippen LogP contribution < -0.4 is 5.32 Å². The predicted octanol–water partition coefficient (Wildman–Crippen LogP) is 8.44. The van der Waals surface area contributed by atoms with Gasteiger partial charge in [-0.3, -0.25) is 4.79 Å². The molecule has 0 aromatic carbocycles. The maximum atomic E-state index is 12.2. The number of hydrogen-bond donors (Lipinski definition) is 2. The molecule has 1 heterocycles. The molecular formula is C46H74N2O5S. The Morgan fingerprint density at radius 1 is 0.944 bits per heavy atom. The minimum atomic E-state index is -2.95. The van der Waals surface area contributed by atoms with Crippen LogP contribution in [0.1, 0.15) is 138 Å². The third-order valence-electron chi connectivity index (χ3n) is 18.5. The number of aliphatic hydroxyl groups excluding tert-OH is 1. The van der Waals surface area contributed by atoms with E-state index in [4.69, 9.17) is 4.74 Å². The van der Waals surface area contributed by atoms with Gasteiger partial charge in [-0.2, -0.15) is 0 Å². The first-order valence-corrected chi connectivity index (χ1v) is 23.8. The number of allylic oxidation sites excluding steroid dienone is 4. The standard InChI is InChI=1S/C46H74N2O5S/c1-32(2)35-13-22-46(47-26-29-48-27-16-34(17-28-48)54(8,51)52)24-23-43(6)37(40(35)46)9-10-39-42(5)18-14-36(41(3,4)38(42)15-19-44(39,43)7)33-11-20-45(21-12-33,25-30-49)53-31-50/h11,14,31,34-35,37-40,47,49H,1,9-10,12-13,15-30H2,2-8H3/t35-,37+,38-,39+,40+,42-,43+,44+,45?,46-/m0/s1. The Labute approximate surface area is 328 Å². The van der Waals surface area contributed by atoms with E-state index in [-0.39, 0.29) is 28.2 Å². The number of carbonyl (C=O) groups excluding carboxylic acids is 1. The fraction of sp³-hybridized carbons (Fsp3) is 0.848. The molecule has 0 aromatic heterocycles. The molecule has 0 spiro atoms. The second-order valence-electron chi connectivity index (χ2n) is 21.0. The van der Waals surface area contributed by atoms with Gasteiger partial charge in [0.15, 0.2) is 0 Å². The van der Waals surface area contributed by atoms with Crippen LogP contribution in [0.25, 0.3) is 0 Å².